The van der Waals surface area contributed by atoms with Gasteiger partial charge in [-0.05, 0) is 22.6 Å². The van der Waals surface area contributed by atoms with Crippen molar-refractivity contribution in [3.8, 4) is 11.5 Å². The maximum atomic E-state index is 5.76. The van der Waals surface area contributed by atoms with Gasteiger partial charge in [0.15, 0.2) is 0 Å². The maximum absolute atomic E-state index is 5.76. The molecule has 0 saturated carbocycles. The lowest BCUT2D eigenvalue weighted by molar-refractivity contribution is 0.279. The average Bonchev–Trinajstić information content (AvgIpc) is 3.36. The zero-order valence-corrected chi connectivity index (χ0v) is 15.9. The van der Waals surface area contributed by atoms with Gasteiger partial charge in [-0.1, -0.05) is 18.2 Å². The maximum Gasteiger partial charge on any atom is 0.142 e. The number of benzene rings is 1. The Morgan fingerprint density at radius 3 is 2.92 bits per heavy atom. The number of methoxy groups -OCH3 is 1. The number of hydrogen-bond acceptors (Lipinski definition) is 5. The van der Waals surface area contributed by atoms with E-state index < -0.39 is 0 Å². The molecule has 0 amide bonds. The van der Waals surface area contributed by atoms with Crippen LogP contribution in [-0.4, -0.2) is 56.6 Å². The summed E-state index contributed by atoms with van der Waals surface area (Å²) in [6.45, 7) is 6.06. The number of piperazine rings is 1. The van der Waals surface area contributed by atoms with Gasteiger partial charge < -0.3 is 14.4 Å². The minimum Gasteiger partial charge on any atom is -0.495 e. The van der Waals surface area contributed by atoms with E-state index in [1.54, 1.807) is 7.11 Å². The third kappa shape index (κ3) is 2.93. The van der Waals surface area contributed by atoms with Crippen molar-refractivity contribution in [3.05, 3.63) is 52.5 Å². The summed E-state index contributed by atoms with van der Waals surface area (Å²) in [5, 5.41) is 2.78. The van der Waals surface area contributed by atoms with E-state index in [-0.39, 0.29) is 0 Å². The summed E-state index contributed by atoms with van der Waals surface area (Å²) in [5.41, 5.74) is 5.37. The second-order valence-electron chi connectivity index (χ2n) is 7.24. The van der Waals surface area contributed by atoms with Crippen molar-refractivity contribution < 1.29 is 9.47 Å². The van der Waals surface area contributed by atoms with Crippen molar-refractivity contribution in [1.82, 2.24) is 4.90 Å². The average molecular weight is 369 g/mol. The van der Waals surface area contributed by atoms with Crippen LogP contribution in [0.25, 0.3) is 0 Å². The first kappa shape index (κ1) is 16.3. The highest BCUT2D eigenvalue weighted by Crippen LogP contribution is 2.39. The lowest BCUT2D eigenvalue weighted by Gasteiger charge is -2.36. The molecule has 0 spiro atoms. The molecule has 5 rings (SSSR count). The fourth-order valence-electron chi connectivity index (χ4n) is 4.20. The monoisotopic (exact) mass is 368 g/mol. The highest BCUT2D eigenvalue weighted by Gasteiger charge is 2.25. The normalized spacial score (nSPS) is 24.2. The number of nitrogens with zero attached hydrogens (tertiary/aromatic N) is 2. The molecular weight excluding hydrogens is 344 g/mol. The zero-order chi connectivity index (χ0) is 17.5. The SMILES string of the molecule is COc1cc2c(cc1N1CCN(CC3=CC4SC=CC4=C3)CC1)OCC2. The predicted octanol–water partition coefficient (Wildman–Crippen LogP) is 3.25. The van der Waals surface area contributed by atoms with Crippen molar-refractivity contribution in [2.75, 3.05) is 51.3 Å². The Bertz CT molecular complexity index is 806. The predicted molar refractivity (Wildman–Crippen MR) is 108 cm³/mol. The van der Waals surface area contributed by atoms with Gasteiger partial charge in [-0.2, -0.15) is 0 Å². The van der Waals surface area contributed by atoms with Crippen LogP contribution < -0.4 is 14.4 Å². The van der Waals surface area contributed by atoms with E-state index in [9.17, 15) is 0 Å². The third-order valence-corrected chi connectivity index (χ3v) is 6.64. The fraction of sp³-hybridized carbons (Fsp3) is 0.429. The Hall–Kier alpha value is -1.85. The van der Waals surface area contributed by atoms with Gasteiger partial charge in [-0.15, -0.1) is 11.8 Å². The quantitative estimate of drug-likeness (QED) is 0.812. The third-order valence-electron chi connectivity index (χ3n) is 5.64. The summed E-state index contributed by atoms with van der Waals surface area (Å²) >= 11 is 1.91. The molecule has 0 N–H and O–H groups in total. The first-order valence-corrected chi connectivity index (χ1v) is 10.3. The van der Waals surface area contributed by atoms with Gasteiger partial charge >= 0.3 is 0 Å². The standard InChI is InChI=1S/C21H24N2O2S/c1-24-20-12-16-2-8-25-19(16)13-18(20)23-6-4-22(5-7-23)14-15-10-17-3-9-26-21(17)11-15/h3,9-13,21H,2,4-8,14H2,1H3. The molecule has 26 heavy (non-hydrogen) atoms. The molecule has 3 heterocycles. The van der Waals surface area contributed by atoms with Crippen LogP contribution in [0.3, 0.4) is 0 Å². The van der Waals surface area contributed by atoms with E-state index in [1.807, 2.05) is 11.8 Å². The summed E-state index contributed by atoms with van der Waals surface area (Å²) in [6.07, 6.45) is 8.03. The molecule has 0 bridgehead atoms. The van der Waals surface area contributed by atoms with Crippen LogP contribution in [0.15, 0.2) is 46.9 Å². The van der Waals surface area contributed by atoms with Gasteiger partial charge in [0.25, 0.3) is 0 Å². The van der Waals surface area contributed by atoms with Gasteiger partial charge in [-0.3, -0.25) is 4.90 Å². The second kappa shape index (κ2) is 6.71. The Labute approximate surface area is 159 Å². The highest BCUT2D eigenvalue weighted by molar-refractivity contribution is 8.03. The summed E-state index contributed by atoms with van der Waals surface area (Å²) in [4.78, 5) is 5.00. The lowest BCUT2D eigenvalue weighted by atomic mass is 10.1. The summed E-state index contributed by atoms with van der Waals surface area (Å²) in [6, 6.07) is 4.33. The molecule has 1 aromatic rings. The van der Waals surface area contributed by atoms with Gasteiger partial charge in [0.05, 0.1) is 24.7 Å². The largest absolute Gasteiger partial charge is 0.495 e. The lowest BCUT2D eigenvalue weighted by Crippen LogP contribution is -2.47. The van der Waals surface area contributed by atoms with Crippen LogP contribution in [0.4, 0.5) is 5.69 Å². The molecule has 1 atom stereocenters. The van der Waals surface area contributed by atoms with E-state index in [2.05, 4.69) is 45.6 Å². The molecule has 0 radical (unpaired) electrons. The van der Waals surface area contributed by atoms with Gasteiger partial charge in [0, 0.05) is 50.8 Å². The topological polar surface area (TPSA) is 24.9 Å². The highest BCUT2D eigenvalue weighted by atomic mass is 32.2. The Morgan fingerprint density at radius 1 is 1.23 bits per heavy atom. The molecule has 136 valence electrons. The second-order valence-corrected chi connectivity index (χ2v) is 8.29. The van der Waals surface area contributed by atoms with Crippen LogP contribution in [-0.2, 0) is 6.42 Å². The number of ether oxygens (including phenoxy) is 2. The van der Waals surface area contributed by atoms with Crippen molar-refractivity contribution in [2.45, 2.75) is 11.7 Å². The zero-order valence-electron chi connectivity index (χ0n) is 15.1. The molecule has 1 fully saturated rings. The molecule has 3 aliphatic heterocycles. The number of rotatable bonds is 4. The smallest absolute Gasteiger partial charge is 0.142 e. The molecule has 5 heteroatoms. The minimum atomic E-state index is 0.571. The van der Waals surface area contributed by atoms with Gasteiger partial charge in [-0.25, -0.2) is 0 Å². The Balaban J connectivity index is 1.24. The van der Waals surface area contributed by atoms with E-state index in [4.69, 9.17) is 9.47 Å². The molecule has 4 nitrogen and oxygen atoms in total. The molecular formula is C21H24N2O2S. The number of fused-ring (bicyclic) bond motifs is 2. The minimum absolute atomic E-state index is 0.571. The number of hydrogen-bond donors (Lipinski definition) is 0. The van der Waals surface area contributed by atoms with Crippen LogP contribution in [0.2, 0.25) is 0 Å². The van der Waals surface area contributed by atoms with Crippen LogP contribution >= 0.6 is 11.8 Å². The molecule has 1 aliphatic carbocycles. The summed E-state index contributed by atoms with van der Waals surface area (Å²) < 4.78 is 11.4. The first-order valence-electron chi connectivity index (χ1n) is 9.35. The summed E-state index contributed by atoms with van der Waals surface area (Å²) in [7, 11) is 1.76. The van der Waals surface area contributed by atoms with Crippen LogP contribution in [0, 0.1) is 0 Å². The first-order chi connectivity index (χ1) is 12.8. The number of allylic oxidation sites excluding steroid dienone is 1. The Kier molecular flexibility index (Phi) is 4.21. The van der Waals surface area contributed by atoms with Crippen molar-refractivity contribution in [2.24, 2.45) is 0 Å². The Morgan fingerprint density at radius 2 is 2.12 bits per heavy atom. The molecule has 0 aromatic heterocycles. The van der Waals surface area contributed by atoms with E-state index >= 15 is 0 Å². The van der Waals surface area contributed by atoms with E-state index in [1.165, 1.54) is 22.4 Å². The van der Waals surface area contributed by atoms with Crippen molar-refractivity contribution >= 4 is 17.4 Å². The molecule has 1 unspecified atom stereocenters. The van der Waals surface area contributed by atoms with Crippen LogP contribution in [0.5, 0.6) is 11.5 Å². The van der Waals surface area contributed by atoms with Crippen molar-refractivity contribution in [1.29, 1.82) is 0 Å². The molecule has 1 aromatic carbocycles. The fourth-order valence-corrected chi connectivity index (χ4v) is 5.17. The number of anilines is 1. The summed E-state index contributed by atoms with van der Waals surface area (Å²) in [5.74, 6) is 2.01. The van der Waals surface area contributed by atoms with Crippen LogP contribution in [0.1, 0.15) is 5.56 Å². The molecule has 4 aliphatic rings. The molecule has 1 saturated heterocycles. The van der Waals surface area contributed by atoms with Gasteiger partial charge in [0.2, 0.25) is 0 Å². The number of thioether (sulfide) groups is 1. The van der Waals surface area contributed by atoms with E-state index in [0.29, 0.717) is 5.25 Å². The van der Waals surface area contributed by atoms with E-state index in [0.717, 1.165) is 57.3 Å². The van der Waals surface area contributed by atoms with Gasteiger partial charge in [0.1, 0.15) is 11.5 Å². The van der Waals surface area contributed by atoms with Crippen molar-refractivity contribution in [3.63, 3.8) is 0 Å².